The molecule has 0 radical (unpaired) electrons. The van der Waals surface area contributed by atoms with E-state index in [2.05, 4.69) is 35.1 Å². The second kappa shape index (κ2) is 6.86. The summed E-state index contributed by atoms with van der Waals surface area (Å²) in [6.07, 6.45) is 0. The van der Waals surface area contributed by atoms with Gasteiger partial charge in [0.2, 0.25) is 0 Å². The van der Waals surface area contributed by atoms with E-state index in [9.17, 15) is 10.1 Å². The van der Waals surface area contributed by atoms with E-state index in [-0.39, 0.29) is 16.7 Å². The van der Waals surface area contributed by atoms with Crippen LogP contribution in [0.25, 0.3) is 0 Å². The third-order valence-corrected chi connectivity index (χ3v) is 3.63. The summed E-state index contributed by atoms with van der Waals surface area (Å²) in [7, 11) is 1.66. The van der Waals surface area contributed by atoms with Crippen LogP contribution in [0, 0.1) is 23.0 Å². The lowest BCUT2D eigenvalue weighted by molar-refractivity contribution is -0.385. The molecule has 0 amide bonds. The van der Waals surface area contributed by atoms with Crippen molar-refractivity contribution in [2.75, 3.05) is 19.0 Å². The summed E-state index contributed by atoms with van der Waals surface area (Å²) in [4.78, 5) is 10.5. The van der Waals surface area contributed by atoms with Crippen molar-refractivity contribution >= 4 is 27.3 Å². The van der Waals surface area contributed by atoms with Crippen LogP contribution in [0.2, 0.25) is 0 Å². The van der Waals surface area contributed by atoms with Crippen LogP contribution in [0.1, 0.15) is 19.4 Å². The van der Waals surface area contributed by atoms with Crippen molar-refractivity contribution in [3.8, 4) is 0 Å². The summed E-state index contributed by atoms with van der Waals surface area (Å²) in [5, 5.41) is 14.2. The lowest BCUT2D eigenvalue weighted by Gasteiger charge is -2.23. The Balaban J connectivity index is 3.01. The molecule has 6 heteroatoms. The van der Waals surface area contributed by atoms with Gasteiger partial charge in [-0.2, -0.15) is 0 Å². The summed E-state index contributed by atoms with van der Waals surface area (Å²) < 4.78 is 5.87. The maximum atomic E-state index is 10.9. The molecular weight excluding hydrogens is 312 g/mol. The molecule has 0 aromatic heterocycles. The fourth-order valence-corrected chi connectivity index (χ4v) is 2.20. The monoisotopic (exact) mass is 330 g/mol. The van der Waals surface area contributed by atoms with Crippen LogP contribution in [0.5, 0.6) is 0 Å². The van der Waals surface area contributed by atoms with Gasteiger partial charge in [-0.15, -0.1) is 0 Å². The third-order valence-electron chi connectivity index (χ3n) is 2.97. The van der Waals surface area contributed by atoms with E-state index in [4.69, 9.17) is 4.74 Å². The minimum absolute atomic E-state index is 0.116. The Bertz CT molecular complexity index is 463. The highest BCUT2D eigenvalue weighted by Crippen LogP contribution is 2.31. The maximum absolute atomic E-state index is 10.9. The maximum Gasteiger partial charge on any atom is 0.273 e. The molecule has 0 spiro atoms. The van der Waals surface area contributed by atoms with Gasteiger partial charge in [0.05, 0.1) is 17.6 Å². The number of aryl methyl sites for hydroxylation is 1. The molecule has 0 aliphatic heterocycles. The number of methoxy groups -OCH3 is 1. The van der Waals surface area contributed by atoms with E-state index in [1.54, 1.807) is 20.1 Å². The van der Waals surface area contributed by atoms with Gasteiger partial charge >= 0.3 is 0 Å². The molecule has 1 atom stereocenters. The van der Waals surface area contributed by atoms with Crippen molar-refractivity contribution in [3.63, 3.8) is 0 Å². The molecule has 5 nitrogen and oxygen atoms in total. The normalized spacial score (nSPS) is 12.5. The topological polar surface area (TPSA) is 64.4 Å². The fraction of sp³-hybridized carbons (Fsp3) is 0.538. The van der Waals surface area contributed by atoms with Gasteiger partial charge in [0.15, 0.2) is 0 Å². The first-order valence-corrected chi connectivity index (χ1v) is 6.86. The number of ether oxygens (including phenoxy) is 1. The molecule has 0 fully saturated rings. The zero-order chi connectivity index (χ0) is 14.6. The number of hydrogen-bond acceptors (Lipinski definition) is 4. The molecule has 0 saturated carbocycles. The number of benzene rings is 1. The van der Waals surface area contributed by atoms with Crippen LogP contribution < -0.4 is 5.32 Å². The first-order chi connectivity index (χ1) is 8.86. The highest BCUT2D eigenvalue weighted by atomic mass is 79.9. The molecule has 19 heavy (non-hydrogen) atoms. The van der Waals surface area contributed by atoms with Gasteiger partial charge in [-0.25, -0.2) is 0 Å². The number of rotatable bonds is 6. The first-order valence-electron chi connectivity index (χ1n) is 6.06. The zero-order valence-corrected chi connectivity index (χ0v) is 13.2. The van der Waals surface area contributed by atoms with E-state index in [0.717, 1.165) is 5.69 Å². The number of hydrogen-bond donors (Lipinski definition) is 1. The minimum Gasteiger partial charge on any atom is -0.383 e. The standard InChI is InChI=1S/C13H19BrN2O3/c1-8(2)12(7-19-4)15-11-5-9(3)13(16(17)18)6-10(11)14/h5-6,8,12,15H,7H2,1-4H3. The van der Waals surface area contributed by atoms with Gasteiger partial charge < -0.3 is 10.1 Å². The Morgan fingerprint density at radius 1 is 1.47 bits per heavy atom. The number of nitrogens with one attached hydrogen (secondary N) is 1. The van der Waals surface area contributed by atoms with Crippen LogP contribution in [0.4, 0.5) is 11.4 Å². The number of nitro groups is 1. The van der Waals surface area contributed by atoms with E-state index in [0.29, 0.717) is 22.6 Å². The molecule has 1 aromatic rings. The van der Waals surface area contributed by atoms with Gasteiger partial charge in [-0.05, 0) is 34.8 Å². The highest BCUT2D eigenvalue weighted by Gasteiger charge is 2.18. The number of halogens is 1. The fourth-order valence-electron chi connectivity index (χ4n) is 1.76. The molecule has 0 aliphatic carbocycles. The molecule has 0 bridgehead atoms. The Kier molecular flexibility index (Phi) is 5.75. The van der Waals surface area contributed by atoms with Crippen molar-refractivity contribution in [1.82, 2.24) is 0 Å². The van der Waals surface area contributed by atoms with Gasteiger partial charge in [0, 0.05) is 28.9 Å². The molecule has 1 aromatic carbocycles. The van der Waals surface area contributed by atoms with Crippen molar-refractivity contribution < 1.29 is 9.66 Å². The minimum atomic E-state index is -0.376. The van der Waals surface area contributed by atoms with Crippen LogP contribution in [-0.2, 0) is 4.74 Å². The van der Waals surface area contributed by atoms with Crippen molar-refractivity contribution in [2.24, 2.45) is 5.92 Å². The lowest BCUT2D eigenvalue weighted by atomic mass is 10.0. The molecule has 106 valence electrons. The Morgan fingerprint density at radius 2 is 2.11 bits per heavy atom. The number of nitro benzene ring substituents is 1. The molecule has 0 saturated heterocycles. The van der Waals surface area contributed by atoms with Gasteiger partial charge in [0.25, 0.3) is 5.69 Å². The number of anilines is 1. The Labute approximate surface area is 121 Å². The summed E-state index contributed by atoms with van der Waals surface area (Å²) in [5.41, 5.74) is 1.60. The average Bonchev–Trinajstić information content (AvgIpc) is 2.32. The molecule has 1 unspecified atom stereocenters. The predicted molar refractivity (Wildman–Crippen MR) is 79.7 cm³/mol. The van der Waals surface area contributed by atoms with Crippen molar-refractivity contribution in [3.05, 3.63) is 32.3 Å². The van der Waals surface area contributed by atoms with E-state index < -0.39 is 0 Å². The van der Waals surface area contributed by atoms with E-state index in [1.807, 2.05) is 0 Å². The summed E-state index contributed by atoms with van der Waals surface area (Å²) in [6, 6.07) is 3.47. The smallest absolute Gasteiger partial charge is 0.273 e. The zero-order valence-electron chi connectivity index (χ0n) is 11.6. The highest BCUT2D eigenvalue weighted by molar-refractivity contribution is 9.10. The van der Waals surface area contributed by atoms with Gasteiger partial charge in [0.1, 0.15) is 0 Å². The SMILES string of the molecule is COCC(Nc1cc(C)c([N+](=O)[O-])cc1Br)C(C)C. The van der Waals surface area contributed by atoms with E-state index >= 15 is 0 Å². The molecule has 0 aliphatic rings. The van der Waals surface area contributed by atoms with Gasteiger partial charge in [-0.3, -0.25) is 10.1 Å². The first kappa shape index (κ1) is 15.9. The lowest BCUT2D eigenvalue weighted by Crippen LogP contribution is -2.30. The third kappa shape index (κ3) is 4.18. The molecule has 1 rings (SSSR count). The second-order valence-electron chi connectivity index (χ2n) is 4.83. The predicted octanol–water partition coefficient (Wildman–Crippen LogP) is 3.75. The van der Waals surface area contributed by atoms with E-state index in [1.165, 1.54) is 6.07 Å². The summed E-state index contributed by atoms with van der Waals surface area (Å²) >= 11 is 3.37. The van der Waals surface area contributed by atoms with Crippen LogP contribution in [0.15, 0.2) is 16.6 Å². The Hall–Kier alpha value is -1.14. The van der Waals surface area contributed by atoms with Crippen LogP contribution in [-0.4, -0.2) is 24.7 Å². The second-order valence-corrected chi connectivity index (χ2v) is 5.68. The summed E-state index contributed by atoms with van der Waals surface area (Å²) in [5.74, 6) is 0.391. The summed E-state index contributed by atoms with van der Waals surface area (Å²) in [6.45, 7) is 6.52. The van der Waals surface area contributed by atoms with Crippen molar-refractivity contribution in [2.45, 2.75) is 26.8 Å². The van der Waals surface area contributed by atoms with Crippen LogP contribution >= 0.6 is 15.9 Å². The van der Waals surface area contributed by atoms with Crippen LogP contribution in [0.3, 0.4) is 0 Å². The average molecular weight is 331 g/mol. The Morgan fingerprint density at radius 3 is 2.58 bits per heavy atom. The van der Waals surface area contributed by atoms with Gasteiger partial charge in [-0.1, -0.05) is 13.8 Å². The quantitative estimate of drug-likeness (QED) is 0.637. The molecule has 1 N–H and O–H groups in total. The molecule has 0 heterocycles. The van der Waals surface area contributed by atoms with Crippen molar-refractivity contribution in [1.29, 1.82) is 0 Å². The largest absolute Gasteiger partial charge is 0.383 e. The molecular formula is C13H19BrN2O3. The number of nitrogens with zero attached hydrogens (tertiary/aromatic N) is 1.